The molecule has 3 heteroatoms. The van der Waals surface area contributed by atoms with Gasteiger partial charge in [-0.15, -0.1) is 0 Å². The van der Waals surface area contributed by atoms with E-state index in [1.807, 2.05) is 20.0 Å². The first-order valence-corrected chi connectivity index (χ1v) is 6.53. The summed E-state index contributed by atoms with van der Waals surface area (Å²) in [6.45, 7) is 8.42. The lowest BCUT2D eigenvalue weighted by atomic mass is 10.1. The molecule has 3 nitrogen and oxygen atoms in total. The van der Waals surface area contributed by atoms with Gasteiger partial charge in [0.25, 0.3) is 0 Å². The van der Waals surface area contributed by atoms with Crippen molar-refractivity contribution in [3.8, 4) is 5.75 Å². The Morgan fingerprint density at radius 3 is 2.82 bits per heavy atom. The highest BCUT2D eigenvalue weighted by Crippen LogP contribution is 2.13. The van der Waals surface area contributed by atoms with Crippen LogP contribution in [0, 0.1) is 0 Å². The van der Waals surface area contributed by atoms with Gasteiger partial charge in [0, 0.05) is 6.20 Å². The van der Waals surface area contributed by atoms with Crippen molar-refractivity contribution >= 4 is 0 Å². The number of pyridine rings is 1. The van der Waals surface area contributed by atoms with Crippen molar-refractivity contribution in [2.75, 3.05) is 13.1 Å². The number of hydrogen-bond donors (Lipinski definition) is 1. The minimum absolute atomic E-state index is 0.207. The minimum atomic E-state index is 0.207. The molecule has 1 aromatic rings. The molecule has 0 fully saturated rings. The maximum absolute atomic E-state index is 5.62. The van der Waals surface area contributed by atoms with Crippen molar-refractivity contribution in [1.29, 1.82) is 0 Å². The van der Waals surface area contributed by atoms with E-state index in [0.717, 1.165) is 31.7 Å². The third-order valence-corrected chi connectivity index (χ3v) is 2.39. The van der Waals surface area contributed by atoms with E-state index in [9.17, 15) is 0 Å². The number of hydrogen-bond acceptors (Lipinski definition) is 3. The highest BCUT2D eigenvalue weighted by atomic mass is 16.5. The molecule has 0 aliphatic heterocycles. The summed E-state index contributed by atoms with van der Waals surface area (Å²) in [5.74, 6) is 0.874. The predicted molar refractivity (Wildman–Crippen MR) is 71.5 cm³/mol. The lowest BCUT2D eigenvalue weighted by Gasteiger charge is -2.10. The van der Waals surface area contributed by atoms with Crippen LogP contribution in [-0.4, -0.2) is 24.2 Å². The van der Waals surface area contributed by atoms with Crippen LogP contribution < -0.4 is 10.1 Å². The molecule has 0 aliphatic carbocycles. The molecule has 0 radical (unpaired) electrons. The van der Waals surface area contributed by atoms with Crippen LogP contribution in [0.4, 0.5) is 0 Å². The average molecular weight is 236 g/mol. The van der Waals surface area contributed by atoms with E-state index in [4.69, 9.17) is 4.74 Å². The summed E-state index contributed by atoms with van der Waals surface area (Å²) in [4.78, 5) is 4.21. The molecular weight excluding hydrogens is 212 g/mol. The highest BCUT2D eigenvalue weighted by molar-refractivity contribution is 5.23. The maximum Gasteiger partial charge on any atom is 0.138 e. The fourth-order valence-electron chi connectivity index (χ4n) is 1.66. The number of rotatable bonds is 8. The zero-order valence-electron chi connectivity index (χ0n) is 11.2. The van der Waals surface area contributed by atoms with E-state index < -0.39 is 0 Å². The van der Waals surface area contributed by atoms with Crippen LogP contribution in [0.5, 0.6) is 5.75 Å². The number of nitrogens with zero attached hydrogens (tertiary/aromatic N) is 1. The Morgan fingerprint density at radius 2 is 2.12 bits per heavy atom. The van der Waals surface area contributed by atoms with Gasteiger partial charge in [0.05, 0.1) is 12.3 Å². The van der Waals surface area contributed by atoms with Crippen LogP contribution in [0.15, 0.2) is 18.5 Å². The fourth-order valence-corrected chi connectivity index (χ4v) is 1.66. The summed E-state index contributed by atoms with van der Waals surface area (Å²) in [6.07, 6.45) is 7.30. The molecule has 0 bridgehead atoms. The Balaban J connectivity index is 2.32. The monoisotopic (exact) mass is 236 g/mol. The summed E-state index contributed by atoms with van der Waals surface area (Å²) in [6, 6.07) is 2.09. The second-order valence-electron chi connectivity index (χ2n) is 4.55. The van der Waals surface area contributed by atoms with Gasteiger partial charge in [0.2, 0.25) is 0 Å². The lowest BCUT2D eigenvalue weighted by molar-refractivity contribution is 0.241. The number of nitrogens with one attached hydrogen (secondary N) is 1. The van der Waals surface area contributed by atoms with Gasteiger partial charge in [-0.25, -0.2) is 0 Å². The van der Waals surface area contributed by atoms with Crippen molar-refractivity contribution in [2.24, 2.45) is 0 Å². The zero-order valence-corrected chi connectivity index (χ0v) is 11.2. The molecule has 0 aliphatic rings. The molecular formula is C14H24N2O. The van der Waals surface area contributed by atoms with Crippen molar-refractivity contribution in [1.82, 2.24) is 10.3 Å². The van der Waals surface area contributed by atoms with Crippen LogP contribution in [0.3, 0.4) is 0 Å². The van der Waals surface area contributed by atoms with Gasteiger partial charge in [0.15, 0.2) is 0 Å². The lowest BCUT2D eigenvalue weighted by Crippen LogP contribution is -2.16. The Morgan fingerprint density at radius 1 is 1.29 bits per heavy atom. The fraction of sp³-hybridized carbons (Fsp3) is 0.643. The van der Waals surface area contributed by atoms with Gasteiger partial charge in [-0.05, 0) is 57.8 Å². The van der Waals surface area contributed by atoms with Crippen molar-refractivity contribution in [3.63, 3.8) is 0 Å². The second kappa shape index (κ2) is 8.07. The Kier molecular flexibility index (Phi) is 6.63. The van der Waals surface area contributed by atoms with Gasteiger partial charge in [0.1, 0.15) is 5.75 Å². The second-order valence-corrected chi connectivity index (χ2v) is 4.55. The summed E-state index contributed by atoms with van der Waals surface area (Å²) >= 11 is 0. The quantitative estimate of drug-likeness (QED) is 0.705. The molecule has 0 spiro atoms. The van der Waals surface area contributed by atoms with Crippen molar-refractivity contribution < 1.29 is 4.74 Å². The van der Waals surface area contributed by atoms with Gasteiger partial charge < -0.3 is 10.1 Å². The smallest absolute Gasteiger partial charge is 0.138 e. The van der Waals surface area contributed by atoms with Crippen LogP contribution >= 0.6 is 0 Å². The first-order valence-electron chi connectivity index (χ1n) is 6.53. The van der Waals surface area contributed by atoms with Crippen LogP contribution in [0.1, 0.15) is 39.2 Å². The summed E-state index contributed by atoms with van der Waals surface area (Å²) < 4.78 is 5.62. The normalized spacial score (nSPS) is 10.8. The third-order valence-electron chi connectivity index (χ3n) is 2.39. The van der Waals surface area contributed by atoms with E-state index in [2.05, 4.69) is 23.3 Å². The molecule has 0 atom stereocenters. The SMILES string of the molecule is CCCNCCCc1cncc(OC(C)C)c1. The van der Waals surface area contributed by atoms with E-state index in [0.29, 0.717) is 0 Å². The van der Waals surface area contributed by atoms with Crippen LogP contribution in [0.2, 0.25) is 0 Å². The minimum Gasteiger partial charge on any atom is -0.489 e. The highest BCUT2D eigenvalue weighted by Gasteiger charge is 2.00. The summed E-state index contributed by atoms with van der Waals surface area (Å²) in [7, 11) is 0. The zero-order chi connectivity index (χ0) is 12.5. The van der Waals surface area contributed by atoms with E-state index in [1.165, 1.54) is 12.0 Å². The van der Waals surface area contributed by atoms with Gasteiger partial charge in [-0.3, -0.25) is 4.98 Å². The van der Waals surface area contributed by atoms with Crippen LogP contribution in [-0.2, 0) is 6.42 Å². The average Bonchev–Trinajstić information content (AvgIpc) is 2.28. The molecule has 0 amide bonds. The van der Waals surface area contributed by atoms with Gasteiger partial charge >= 0.3 is 0 Å². The summed E-state index contributed by atoms with van der Waals surface area (Å²) in [5.41, 5.74) is 1.25. The van der Waals surface area contributed by atoms with Crippen LogP contribution in [0.25, 0.3) is 0 Å². The number of ether oxygens (including phenoxy) is 1. The van der Waals surface area contributed by atoms with Crippen molar-refractivity contribution in [3.05, 3.63) is 24.0 Å². The molecule has 96 valence electrons. The number of aromatic nitrogens is 1. The Labute approximate surface area is 105 Å². The van der Waals surface area contributed by atoms with E-state index >= 15 is 0 Å². The molecule has 0 aromatic carbocycles. The first kappa shape index (κ1) is 14.0. The standard InChI is InChI=1S/C14H24N2O/c1-4-7-15-8-5-6-13-9-14(11-16-10-13)17-12(2)3/h9-12,15H,4-8H2,1-3H3. The molecule has 0 unspecified atom stereocenters. The molecule has 1 rings (SSSR count). The maximum atomic E-state index is 5.62. The molecule has 17 heavy (non-hydrogen) atoms. The largest absolute Gasteiger partial charge is 0.489 e. The first-order chi connectivity index (χ1) is 8.22. The third kappa shape index (κ3) is 6.27. The molecule has 1 N–H and O–H groups in total. The predicted octanol–water partition coefficient (Wildman–Crippen LogP) is 2.80. The molecule has 1 aromatic heterocycles. The van der Waals surface area contributed by atoms with E-state index in [-0.39, 0.29) is 6.10 Å². The van der Waals surface area contributed by atoms with Gasteiger partial charge in [-0.2, -0.15) is 0 Å². The van der Waals surface area contributed by atoms with Gasteiger partial charge in [-0.1, -0.05) is 6.92 Å². The molecule has 1 heterocycles. The Hall–Kier alpha value is -1.09. The van der Waals surface area contributed by atoms with Crippen molar-refractivity contribution in [2.45, 2.75) is 46.1 Å². The van der Waals surface area contributed by atoms with E-state index in [1.54, 1.807) is 6.20 Å². The topological polar surface area (TPSA) is 34.2 Å². The summed E-state index contributed by atoms with van der Waals surface area (Å²) in [5, 5.41) is 3.40. The molecule has 0 saturated carbocycles. The molecule has 0 saturated heterocycles. The number of aryl methyl sites for hydroxylation is 1. The Bertz CT molecular complexity index is 313.